The number of nitriles is 1. The van der Waals surface area contributed by atoms with E-state index in [1.807, 2.05) is 30.0 Å². The summed E-state index contributed by atoms with van der Waals surface area (Å²) < 4.78 is 28.8. The summed E-state index contributed by atoms with van der Waals surface area (Å²) in [6.07, 6.45) is 6.05. The summed E-state index contributed by atoms with van der Waals surface area (Å²) in [4.78, 5) is 27.2. The van der Waals surface area contributed by atoms with Gasteiger partial charge in [0.2, 0.25) is 12.2 Å². The maximum atomic E-state index is 13.4. The number of nitrogens with one attached hydrogen (secondary N) is 1. The van der Waals surface area contributed by atoms with Crippen LogP contribution in [0.1, 0.15) is 18.9 Å². The molecule has 1 atom stereocenters. The topological polar surface area (TPSA) is 126 Å². The fourth-order valence-electron chi connectivity index (χ4n) is 5.04. The van der Waals surface area contributed by atoms with Crippen LogP contribution < -0.4 is 19.1 Å². The van der Waals surface area contributed by atoms with Crippen LogP contribution in [-0.2, 0) is 21.2 Å². The zero-order chi connectivity index (χ0) is 27.6. The van der Waals surface area contributed by atoms with Gasteiger partial charge in [-0.1, -0.05) is 11.6 Å². The van der Waals surface area contributed by atoms with Crippen molar-refractivity contribution in [2.24, 2.45) is 0 Å². The highest BCUT2D eigenvalue weighted by Gasteiger charge is 2.31. The number of halogens is 1. The normalized spacial score (nSPS) is 16.3. The van der Waals surface area contributed by atoms with E-state index in [4.69, 9.17) is 16.9 Å². The summed E-state index contributed by atoms with van der Waals surface area (Å²) in [5, 5.41) is 9.84. The van der Waals surface area contributed by atoms with Gasteiger partial charge in [0.1, 0.15) is 6.04 Å². The first-order valence-electron chi connectivity index (χ1n) is 12.6. The lowest BCUT2D eigenvalue weighted by Gasteiger charge is -2.41. The van der Waals surface area contributed by atoms with Crippen molar-refractivity contribution in [3.8, 4) is 6.19 Å². The second kappa shape index (κ2) is 11.0. The zero-order valence-electron chi connectivity index (χ0n) is 21.4. The molecule has 3 heterocycles. The monoisotopic (exact) mass is 567 g/mol. The molecule has 1 saturated heterocycles. The van der Waals surface area contributed by atoms with Crippen molar-refractivity contribution in [3.63, 3.8) is 0 Å². The van der Waals surface area contributed by atoms with Crippen molar-refractivity contribution in [2.45, 2.75) is 30.7 Å². The van der Waals surface area contributed by atoms with Gasteiger partial charge in [0.15, 0.2) is 6.33 Å². The molecule has 0 unspecified atom stereocenters. The van der Waals surface area contributed by atoms with Crippen LogP contribution in [0.4, 0.5) is 17.3 Å². The Morgan fingerprint density at radius 2 is 1.87 bits per heavy atom. The summed E-state index contributed by atoms with van der Waals surface area (Å²) in [6.45, 7) is 5.22. The Morgan fingerprint density at radius 3 is 2.59 bits per heavy atom. The molecule has 1 amide bonds. The van der Waals surface area contributed by atoms with Crippen LogP contribution in [-0.4, -0.2) is 68.0 Å². The van der Waals surface area contributed by atoms with E-state index >= 15 is 0 Å². The molecule has 2 aromatic carbocycles. The summed E-state index contributed by atoms with van der Waals surface area (Å²) >= 11 is 6.18. The standard InChI is InChI=1S/C26H27ClN8O3S/c1-19(35-10-2-3-20-15-21(27)4-9-24(20)35)25(36)33-13-11-32(12-14-33)22-5-7-23(8-6-22)39(37,38)31-26-30-17-29-18-34(26)16-28/h4-9,15,17-19H,2-3,10-14H2,1H3/p+1/t19-/m1/s1. The number of carbonyl (C=O) groups is 1. The molecule has 3 aromatic rings. The van der Waals surface area contributed by atoms with E-state index in [9.17, 15) is 13.2 Å². The van der Waals surface area contributed by atoms with E-state index in [0.29, 0.717) is 31.2 Å². The highest BCUT2D eigenvalue weighted by Crippen LogP contribution is 2.31. The Labute approximate surface area is 232 Å². The number of benzene rings is 2. The number of sulfonamides is 1. The van der Waals surface area contributed by atoms with Crippen molar-refractivity contribution in [1.29, 1.82) is 5.26 Å². The van der Waals surface area contributed by atoms with E-state index < -0.39 is 10.0 Å². The van der Waals surface area contributed by atoms with Crippen LogP contribution in [0.2, 0.25) is 5.02 Å². The molecular formula is C26H28ClN8O3S+. The zero-order valence-corrected chi connectivity index (χ0v) is 22.9. The molecule has 13 heteroatoms. The lowest BCUT2D eigenvalue weighted by Crippen LogP contribution is -2.55. The van der Waals surface area contributed by atoms with E-state index in [0.717, 1.165) is 41.7 Å². The first-order valence-corrected chi connectivity index (χ1v) is 14.5. The van der Waals surface area contributed by atoms with Gasteiger partial charge in [0.05, 0.1) is 4.90 Å². The number of piperazine rings is 1. The second-order valence-corrected chi connectivity index (χ2v) is 11.6. The van der Waals surface area contributed by atoms with Crippen LogP contribution in [0.5, 0.6) is 0 Å². The minimum atomic E-state index is -3.95. The van der Waals surface area contributed by atoms with Crippen LogP contribution in [0.3, 0.4) is 0 Å². The number of nitrogens with zero attached hydrogens (tertiary/aromatic N) is 7. The maximum Gasteiger partial charge on any atom is 0.350 e. The molecule has 0 bridgehead atoms. The van der Waals surface area contributed by atoms with Crippen molar-refractivity contribution >= 4 is 44.9 Å². The predicted octanol–water partition coefficient (Wildman–Crippen LogP) is 2.04. The van der Waals surface area contributed by atoms with Gasteiger partial charge in [-0.2, -0.15) is 13.1 Å². The smallest absolute Gasteiger partial charge is 0.350 e. The molecule has 11 nitrogen and oxygen atoms in total. The van der Waals surface area contributed by atoms with Gasteiger partial charge in [-0.3, -0.25) is 4.79 Å². The van der Waals surface area contributed by atoms with Gasteiger partial charge < -0.3 is 14.7 Å². The Hall–Kier alpha value is -3.95. The van der Waals surface area contributed by atoms with E-state index in [1.54, 1.807) is 18.3 Å². The largest absolute Gasteiger partial charge is 0.368 e. The van der Waals surface area contributed by atoms with Gasteiger partial charge in [-0.25, -0.2) is 0 Å². The molecule has 5 rings (SSSR count). The molecule has 0 saturated carbocycles. The number of anilines is 3. The number of hydrogen-bond donors (Lipinski definition) is 1. The Balaban J connectivity index is 1.20. The van der Waals surface area contributed by atoms with Crippen molar-refractivity contribution in [1.82, 2.24) is 14.9 Å². The molecule has 2 aliphatic rings. The number of fused-ring (bicyclic) bond motifs is 1. The minimum absolute atomic E-state index is 0.0418. The Bertz CT molecular complexity index is 1520. The summed E-state index contributed by atoms with van der Waals surface area (Å²) in [5.74, 6) is -0.0484. The number of aryl methyl sites for hydroxylation is 1. The molecule has 0 aliphatic carbocycles. The average molecular weight is 568 g/mol. The first kappa shape index (κ1) is 26.6. The SMILES string of the molecule is C[C@H](C(=O)N1CCN(c2ccc(S(=O)(=O)Nc3ncnc[n+]3C#N)cc2)CC1)N1CCCc2cc(Cl)ccc21. The molecule has 202 valence electrons. The van der Waals surface area contributed by atoms with Crippen LogP contribution in [0.15, 0.2) is 60.0 Å². The van der Waals surface area contributed by atoms with Gasteiger partial charge >= 0.3 is 12.1 Å². The lowest BCUT2D eigenvalue weighted by atomic mass is 10.00. The van der Waals surface area contributed by atoms with Crippen molar-refractivity contribution in [3.05, 3.63) is 65.7 Å². The molecule has 1 aromatic heterocycles. The number of amides is 1. The third kappa shape index (κ3) is 5.60. The molecule has 1 N–H and O–H groups in total. The molecule has 0 radical (unpaired) electrons. The number of carbonyl (C=O) groups excluding carboxylic acids is 1. The minimum Gasteiger partial charge on any atom is -0.368 e. The van der Waals surface area contributed by atoms with E-state index in [2.05, 4.69) is 24.5 Å². The quantitative estimate of drug-likeness (QED) is 0.448. The fourth-order valence-corrected chi connectivity index (χ4v) is 6.24. The van der Waals surface area contributed by atoms with Crippen LogP contribution in [0.25, 0.3) is 0 Å². The number of rotatable bonds is 6. The van der Waals surface area contributed by atoms with Gasteiger partial charge in [-0.05, 0) is 73.1 Å². The van der Waals surface area contributed by atoms with Gasteiger partial charge in [-0.15, -0.1) is 14.5 Å². The predicted molar refractivity (Wildman–Crippen MR) is 146 cm³/mol. The van der Waals surface area contributed by atoms with Gasteiger partial charge in [0, 0.05) is 49.1 Å². The number of aromatic nitrogens is 3. The van der Waals surface area contributed by atoms with Gasteiger partial charge in [0.25, 0.3) is 10.0 Å². The third-order valence-electron chi connectivity index (χ3n) is 7.11. The van der Waals surface area contributed by atoms with Crippen LogP contribution in [0, 0.1) is 11.5 Å². The molecule has 39 heavy (non-hydrogen) atoms. The highest BCUT2D eigenvalue weighted by molar-refractivity contribution is 7.92. The summed E-state index contributed by atoms with van der Waals surface area (Å²) in [6, 6.07) is 12.1. The first-order chi connectivity index (χ1) is 18.8. The summed E-state index contributed by atoms with van der Waals surface area (Å²) in [7, 11) is -3.95. The third-order valence-corrected chi connectivity index (χ3v) is 8.69. The molecule has 2 aliphatic heterocycles. The second-order valence-electron chi connectivity index (χ2n) is 9.46. The van der Waals surface area contributed by atoms with Crippen molar-refractivity contribution < 1.29 is 17.8 Å². The molecular weight excluding hydrogens is 540 g/mol. The molecule has 1 fully saturated rings. The maximum absolute atomic E-state index is 13.4. The summed E-state index contributed by atoms with van der Waals surface area (Å²) in [5.41, 5.74) is 3.13. The van der Waals surface area contributed by atoms with Crippen molar-refractivity contribution in [2.75, 3.05) is 47.2 Å². The lowest BCUT2D eigenvalue weighted by molar-refractivity contribution is -0.577. The fraction of sp³-hybridized carbons (Fsp3) is 0.346. The Morgan fingerprint density at radius 1 is 1.13 bits per heavy atom. The Kier molecular flexibility index (Phi) is 7.54. The van der Waals surface area contributed by atoms with Crippen LogP contribution >= 0.6 is 11.6 Å². The molecule has 0 spiro atoms. The average Bonchev–Trinajstić information content (AvgIpc) is 2.96. The highest BCUT2D eigenvalue weighted by atomic mass is 35.5. The number of hydrogen-bond acceptors (Lipinski definition) is 8. The van der Waals surface area contributed by atoms with E-state index in [-0.39, 0.29) is 22.8 Å². The van der Waals surface area contributed by atoms with E-state index in [1.165, 1.54) is 24.0 Å².